The molecule has 0 bridgehead atoms. The molecule has 1 heterocycles. The van der Waals surface area contributed by atoms with Gasteiger partial charge in [-0.25, -0.2) is 9.59 Å². The summed E-state index contributed by atoms with van der Waals surface area (Å²) in [6, 6.07) is 0. The fourth-order valence-electron chi connectivity index (χ4n) is 4.24. The molecule has 0 amide bonds. The molecule has 6 heteroatoms. The van der Waals surface area contributed by atoms with Gasteiger partial charge in [0, 0.05) is 23.0 Å². The summed E-state index contributed by atoms with van der Waals surface area (Å²) >= 11 is 0. The molecule has 5 unspecified atom stereocenters. The molecule has 3 aliphatic rings. The second-order valence-corrected chi connectivity index (χ2v) is 7.40. The normalized spacial score (nSPS) is 37.4. The lowest BCUT2D eigenvalue weighted by molar-refractivity contribution is -0.156. The van der Waals surface area contributed by atoms with Gasteiger partial charge >= 0.3 is 11.9 Å². The molecule has 0 spiro atoms. The molecule has 6 nitrogen and oxygen atoms in total. The van der Waals surface area contributed by atoms with Crippen LogP contribution in [0.1, 0.15) is 33.6 Å². The van der Waals surface area contributed by atoms with E-state index in [9.17, 15) is 19.5 Å². The number of carbonyl (C=O) groups excluding carboxylic acids is 3. The van der Waals surface area contributed by atoms with E-state index in [4.69, 9.17) is 9.47 Å². The van der Waals surface area contributed by atoms with Gasteiger partial charge in [-0.3, -0.25) is 4.79 Å². The van der Waals surface area contributed by atoms with Crippen molar-refractivity contribution in [2.45, 2.75) is 51.9 Å². The van der Waals surface area contributed by atoms with Crippen LogP contribution in [0.5, 0.6) is 0 Å². The number of ketones is 1. The van der Waals surface area contributed by atoms with Gasteiger partial charge in [-0.15, -0.1) is 0 Å². The van der Waals surface area contributed by atoms with E-state index < -0.39 is 41.6 Å². The summed E-state index contributed by atoms with van der Waals surface area (Å²) in [6.07, 6.45) is -2.08. The Kier molecular flexibility index (Phi) is 3.99. The van der Waals surface area contributed by atoms with Gasteiger partial charge in [-0.2, -0.15) is 0 Å². The predicted octanol–water partition coefficient (Wildman–Crippen LogP) is 1.63. The maximum absolute atomic E-state index is 12.2. The molecule has 1 saturated carbocycles. The zero-order chi connectivity index (χ0) is 18.7. The molecule has 0 aromatic carbocycles. The first-order chi connectivity index (χ1) is 11.6. The van der Waals surface area contributed by atoms with Crippen LogP contribution in [-0.2, 0) is 23.9 Å². The Hall–Kier alpha value is -2.21. The van der Waals surface area contributed by atoms with Crippen LogP contribution in [-0.4, -0.2) is 41.1 Å². The maximum atomic E-state index is 12.2. The zero-order valence-electron chi connectivity index (χ0n) is 14.6. The highest BCUT2D eigenvalue weighted by molar-refractivity contribution is 5.99. The molecule has 5 atom stereocenters. The molecule has 2 aliphatic carbocycles. The lowest BCUT2D eigenvalue weighted by Crippen LogP contribution is -2.54. The number of Topliss-reactive ketones (excluding diaryl/α,β-unsaturated/α-hetero) is 1. The molecule has 1 aliphatic heterocycles. The Balaban J connectivity index is 2.10. The first-order valence-corrected chi connectivity index (χ1v) is 8.26. The molecular formula is C19H22O6. The number of ether oxygens (including phenoxy) is 2. The van der Waals surface area contributed by atoms with E-state index in [0.717, 1.165) is 0 Å². The number of esters is 2. The van der Waals surface area contributed by atoms with Crippen LogP contribution >= 0.6 is 0 Å². The SMILES string of the molecule is C=C(C)C(=O)OC1CC2(C)C(=C(C)C(=O)CC2O)C2OC(=O)C(=C)C12. The van der Waals surface area contributed by atoms with Gasteiger partial charge in [0.15, 0.2) is 5.78 Å². The van der Waals surface area contributed by atoms with Crippen molar-refractivity contribution in [3.8, 4) is 0 Å². The summed E-state index contributed by atoms with van der Waals surface area (Å²) in [6.45, 7) is 12.4. The smallest absolute Gasteiger partial charge is 0.334 e. The summed E-state index contributed by atoms with van der Waals surface area (Å²) < 4.78 is 11.0. The average molecular weight is 346 g/mol. The third-order valence-corrected chi connectivity index (χ3v) is 5.69. The molecule has 0 aromatic heterocycles. The fraction of sp³-hybridized carbons (Fsp3) is 0.526. The number of hydrogen-bond donors (Lipinski definition) is 1. The summed E-state index contributed by atoms with van der Waals surface area (Å²) in [5.41, 5.74) is 0.782. The van der Waals surface area contributed by atoms with Gasteiger partial charge in [0.2, 0.25) is 0 Å². The first kappa shape index (κ1) is 17.6. The van der Waals surface area contributed by atoms with E-state index in [-0.39, 0.29) is 29.8 Å². The van der Waals surface area contributed by atoms with Crippen LogP contribution in [0.25, 0.3) is 0 Å². The highest BCUT2D eigenvalue weighted by Crippen LogP contribution is 2.55. The average Bonchev–Trinajstić information content (AvgIpc) is 2.80. The summed E-state index contributed by atoms with van der Waals surface area (Å²) in [5.74, 6) is -1.86. The van der Waals surface area contributed by atoms with Crippen molar-refractivity contribution in [3.63, 3.8) is 0 Å². The van der Waals surface area contributed by atoms with E-state index in [0.29, 0.717) is 11.1 Å². The summed E-state index contributed by atoms with van der Waals surface area (Å²) in [7, 11) is 0. The second-order valence-electron chi connectivity index (χ2n) is 7.40. The van der Waals surface area contributed by atoms with Gasteiger partial charge in [-0.05, 0) is 31.4 Å². The second kappa shape index (κ2) is 5.66. The highest BCUT2D eigenvalue weighted by atomic mass is 16.6. The number of carbonyl (C=O) groups is 3. The number of fused-ring (bicyclic) bond motifs is 3. The van der Waals surface area contributed by atoms with E-state index in [1.807, 2.05) is 6.92 Å². The molecule has 1 N–H and O–H groups in total. The Morgan fingerprint density at radius 1 is 1.40 bits per heavy atom. The number of aliphatic hydroxyl groups excluding tert-OH is 1. The zero-order valence-corrected chi connectivity index (χ0v) is 14.6. The molecule has 0 aromatic rings. The maximum Gasteiger partial charge on any atom is 0.334 e. The number of hydrogen-bond acceptors (Lipinski definition) is 6. The monoisotopic (exact) mass is 346 g/mol. The van der Waals surface area contributed by atoms with Gasteiger partial charge in [-0.1, -0.05) is 20.1 Å². The summed E-state index contributed by atoms with van der Waals surface area (Å²) in [4.78, 5) is 36.4. The van der Waals surface area contributed by atoms with Crippen LogP contribution in [0.15, 0.2) is 35.5 Å². The molecule has 3 rings (SSSR count). The van der Waals surface area contributed by atoms with E-state index in [2.05, 4.69) is 13.2 Å². The van der Waals surface area contributed by atoms with Crippen molar-refractivity contribution in [1.82, 2.24) is 0 Å². The van der Waals surface area contributed by atoms with Crippen LogP contribution in [0.3, 0.4) is 0 Å². The minimum Gasteiger partial charge on any atom is -0.458 e. The van der Waals surface area contributed by atoms with Gasteiger partial charge in [0.05, 0.1) is 12.0 Å². The Morgan fingerprint density at radius 2 is 2.04 bits per heavy atom. The van der Waals surface area contributed by atoms with Crippen molar-refractivity contribution in [3.05, 3.63) is 35.5 Å². The highest BCUT2D eigenvalue weighted by Gasteiger charge is 2.60. The molecule has 25 heavy (non-hydrogen) atoms. The Bertz CT molecular complexity index is 745. The van der Waals surface area contributed by atoms with Crippen molar-refractivity contribution < 1.29 is 29.0 Å². The van der Waals surface area contributed by atoms with Crippen molar-refractivity contribution >= 4 is 17.7 Å². The molecule has 0 radical (unpaired) electrons. The minimum absolute atomic E-state index is 0.000729. The standard InChI is InChI=1S/C19H22O6/c1-8(2)17(22)24-12-7-19(5)13(21)6-11(20)9(3)15(19)16-14(12)10(4)18(23)25-16/h12-14,16,21H,1,4,6-7H2,2-3,5H3. The van der Waals surface area contributed by atoms with Crippen LogP contribution < -0.4 is 0 Å². The first-order valence-electron chi connectivity index (χ1n) is 8.26. The number of allylic oxidation sites excluding steroid dienone is 1. The van der Waals surface area contributed by atoms with Crippen LogP contribution in [0.2, 0.25) is 0 Å². The molecule has 134 valence electrons. The molecule has 1 saturated heterocycles. The van der Waals surface area contributed by atoms with E-state index in [1.54, 1.807) is 13.8 Å². The van der Waals surface area contributed by atoms with Gasteiger partial charge in [0.25, 0.3) is 0 Å². The predicted molar refractivity (Wildman–Crippen MR) is 88.3 cm³/mol. The third-order valence-electron chi connectivity index (χ3n) is 5.69. The van der Waals surface area contributed by atoms with Crippen molar-refractivity contribution in [2.75, 3.05) is 0 Å². The van der Waals surface area contributed by atoms with E-state index >= 15 is 0 Å². The van der Waals surface area contributed by atoms with Crippen LogP contribution in [0.4, 0.5) is 0 Å². The third kappa shape index (κ3) is 2.47. The molecule has 2 fully saturated rings. The van der Waals surface area contributed by atoms with Crippen molar-refractivity contribution in [2.24, 2.45) is 11.3 Å². The Morgan fingerprint density at radius 3 is 2.64 bits per heavy atom. The fourth-order valence-corrected chi connectivity index (χ4v) is 4.24. The van der Waals surface area contributed by atoms with Gasteiger partial charge < -0.3 is 14.6 Å². The molecular weight excluding hydrogens is 324 g/mol. The van der Waals surface area contributed by atoms with E-state index in [1.165, 1.54) is 0 Å². The number of rotatable bonds is 2. The summed E-state index contributed by atoms with van der Waals surface area (Å²) in [5, 5.41) is 10.6. The minimum atomic E-state index is -0.932. The van der Waals surface area contributed by atoms with Crippen molar-refractivity contribution in [1.29, 1.82) is 0 Å². The quantitative estimate of drug-likeness (QED) is 0.604. The van der Waals surface area contributed by atoms with Gasteiger partial charge in [0.1, 0.15) is 12.2 Å². The number of aliphatic hydroxyl groups is 1. The Labute approximate surface area is 146 Å². The lowest BCUT2D eigenvalue weighted by Gasteiger charge is -2.50. The largest absolute Gasteiger partial charge is 0.458 e. The van der Waals surface area contributed by atoms with Crippen LogP contribution in [0, 0.1) is 11.3 Å². The topological polar surface area (TPSA) is 89.9 Å². The lowest BCUT2D eigenvalue weighted by atomic mass is 9.57.